The first kappa shape index (κ1) is 18.2. The highest BCUT2D eigenvalue weighted by molar-refractivity contribution is 8.26. The minimum absolute atomic E-state index is 0.0941. The number of carbonyl (C=O) groups excluding carboxylic acids is 1. The van der Waals surface area contributed by atoms with E-state index in [1.54, 1.807) is 21.1 Å². The molecule has 0 aromatic heterocycles. The lowest BCUT2D eigenvalue weighted by Gasteiger charge is -2.14. The molecule has 0 saturated carbocycles. The number of aldehydes is 1. The average Bonchev–Trinajstić information content (AvgIpc) is 3.24. The number of benzene rings is 1. The number of methoxy groups -OCH3 is 2. The van der Waals surface area contributed by atoms with Gasteiger partial charge in [-0.15, -0.1) is 0 Å². The molecule has 2 aliphatic rings. The van der Waals surface area contributed by atoms with Gasteiger partial charge in [-0.3, -0.25) is 4.79 Å². The summed E-state index contributed by atoms with van der Waals surface area (Å²) in [5, 5.41) is 18.3. The standard InChI is InChI=1S/C16H10N2O3S4/c1-7(4-17)15-22-11-9(20-2)13-14(10(21-3)12(11)23-15)25-16(24-13)8(5-18)6-19/h6H,1-3H3. The molecule has 25 heavy (non-hydrogen) atoms. The Hall–Kier alpha value is -1.65. The van der Waals surface area contributed by atoms with Crippen LogP contribution in [-0.4, -0.2) is 20.5 Å². The minimum Gasteiger partial charge on any atom is -0.494 e. The monoisotopic (exact) mass is 406 g/mol. The summed E-state index contributed by atoms with van der Waals surface area (Å²) in [6.45, 7) is 1.78. The van der Waals surface area contributed by atoms with Gasteiger partial charge in [0.2, 0.25) is 0 Å². The maximum absolute atomic E-state index is 11.1. The third-order valence-electron chi connectivity index (χ3n) is 3.36. The summed E-state index contributed by atoms with van der Waals surface area (Å²) in [6.07, 6.45) is 0.564. The van der Waals surface area contributed by atoms with Crippen LogP contribution in [0.25, 0.3) is 0 Å². The van der Waals surface area contributed by atoms with Gasteiger partial charge >= 0.3 is 0 Å². The van der Waals surface area contributed by atoms with Crippen LogP contribution in [0.1, 0.15) is 6.92 Å². The number of fused-ring (bicyclic) bond motifs is 2. The highest BCUT2D eigenvalue weighted by Gasteiger charge is 2.37. The molecule has 5 nitrogen and oxygen atoms in total. The Morgan fingerprint density at radius 3 is 1.64 bits per heavy atom. The van der Waals surface area contributed by atoms with Crippen LogP contribution in [0.5, 0.6) is 11.5 Å². The maximum Gasteiger partial charge on any atom is 0.162 e. The highest BCUT2D eigenvalue weighted by Crippen LogP contribution is 2.68. The van der Waals surface area contributed by atoms with Gasteiger partial charge in [-0.1, -0.05) is 47.0 Å². The Bertz CT molecular complexity index is 891. The van der Waals surface area contributed by atoms with Gasteiger partial charge in [0.15, 0.2) is 6.29 Å². The van der Waals surface area contributed by atoms with E-state index in [2.05, 4.69) is 6.07 Å². The molecule has 0 radical (unpaired) electrons. The third kappa shape index (κ3) is 2.91. The molecule has 0 aliphatic carbocycles. The molecule has 0 bridgehead atoms. The second kappa shape index (κ2) is 7.30. The molecular formula is C16H10N2O3S4. The van der Waals surface area contributed by atoms with E-state index in [1.165, 1.54) is 47.0 Å². The van der Waals surface area contributed by atoms with E-state index >= 15 is 0 Å². The topological polar surface area (TPSA) is 83.1 Å². The van der Waals surface area contributed by atoms with E-state index in [9.17, 15) is 4.79 Å². The van der Waals surface area contributed by atoms with Gasteiger partial charge in [0.05, 0.1) is 48.3 Å². The average molecular weight is 407 g/mol. The first-order chi connectivity index (χ1) is 12.1. The number of nitrogens with zero attached hydrogens (tertiary/aromatic N) is 2. The number of rotatable bonds is 3. The summed E-state index contributed by atoms with van der Waals surface area (Å²) in [5.74, 6) is 1.36. The van der Waals surface area contributed by atoms with E-state index in [0.717, 1.165) is 23.8 Å². The summed E-state index contributed by atoms with van der Waals surface area (Å²) >= 11 is 5.63. The van der Waals surface area contributed by atoms with Crippen molar-refractivity contribution >= 4 is 53.3 Å². The molecule has 2 heterocycles. The van der Waals surface area contributed by atoms with Crippen molar-refractivity contribution in [2.75, 3.05) is 14.2 Å². The van der Waals surface area contributed by atoms with Gasteiger partial charge in [0.1, 0.15) is 23.1 Å². The van der Waals surface area contributed by atoms with Crippen LogP contribution < -0.4 is 9.47 Å². The van der Waals surface area contributed by atoms with Gasteiger partial charge in [0, 0.05) is 5.57 Å². The lowest BCUT2D eigenvalue weighted by molar-refractivity contribution is -0.104. The molecule has 126 valence electrons. The maximum atomic E-state index is 11.1. The molecule has 0 fully saturated rings. The quantitative estimate of drug-likeness (QED) is 0.399. The van der Waals surface area contributed by atoms with E-state index in [4.69, 9.17) is 20.0 Å². The van der Waals surface area contributed by atoms with Gasteiger partial charge in [-0.05, 0) is 6.92 Å². The lowest BCUT2D eigenvalue weighted by Crippen LogP contribution is -1.94. The van der Waals surface area contributed by atoms with E-state index in [1.807, 2.05) is 6.07 Å². The smallest absolute Gasteiger partial charge is 0.162 e. The molecule has 0 unspecified atom stereocenters. The summed E-state index contributed by atoms with van der Waals surface area (Å²) < 4.78 is 12.8. The van der Waals surface area contributed by atoms with Gasteiger partial charge in [-0.2, -0.15) is 10.5 Å². The number of allylic oxidation sites excluding steroid dienone is 2. The van der Waals surface area contributed by atoms with Crippen molar-refractivity contribution in [3.8, 4) is 23.6 Å². The van der Waals surface area contributed by atoms with Gasteiger partial charge in [0.25, 0.3) is 0 Å². The van der Waals surface area contributed by atoms with Crippen LogP contribution in [0.15, 0.2) is 39.2 Å². The zero-order valence-electron chi connectivity index (χ0n) is 13.3. The number of thioether (sulfide) groups is 4. The fourth-order valence-corrected chi connectivity index (χ4v) is 7.56. The number of nitriles is 2. The van der Waals surface area contributed by atoms with Crippen LogP contribution in [0.3, 0.4) is 0 Å². The van der Waals surface area contributed by atoms with Crippen LogP contribution in [-0.2, 0) is 4.79 Å². The molecule has 0 atom stereocenters. The predicted octanol–water partition coefficient (Wildman–Crippen LogP) is 4.79. The Morgan fingerprint density at radius 1 is 0.880 bits per heavy atom. The van der Waals surface area contributed by atoms with Crippen molar-refractivity contribution < 1.29 is 14.3 Å². The second-order valence-corrected chi connectivity index (χ2v) is 9.35. The third-order valence-corrected chi connectivity index (χ3v) is 8.78. The Morgan fingerprint density at radius 2 is 1.32 bits per heavy atom. The minimum atomic E-state index is 0.0941. The van der Waals surface area contributed by atoms with E-state index < -0.39 is 0 Å². The van der Waals surface area contributed by atoms with Crippen LogP contribution >= 0.6 is 47.0 Å². The highest BCUT2D eigenvalue weighted by atomic mass is 32.2. The molecule has 9 heteroatoms. The fraction of sp³-hybridized carbons (Fsp3) is 0.188. The van der Waals surface area contributed by atoms with E-state index in [0.29, 0.717) is 27.6 Å². The normalized spacial score (nSPS) is 14.3. The summed E-state index contributed by atoms with van der Waals surface area (Å²) in [4.78, 5) is 14.6. The largest absolute Gasteiger partial charge is 0.494 e. The molecule has 2 aliphatic heterocycles. The zero-order valence-corrected chi connectivity index (χ0v) is 16.6. The molecule has 1 aromatic rings. The number of hydrogen-bond acceptors (Lipinski definition) is 9. The van der Waals surface area contributed by atoms with Crippen LogP contribution in [0.2, 0.25) is 0 Å². The van der Waals surface area contributed by atoms with Crippen LogP contribution in [0, 0.1) is 22.7 Å². The Balaban J connectivity index is 2.23. The number of ether oxygens (including phenoxy) is 2. The van der Waals surface area contributed by atoms with Crippen molar-refractivity contribution in [2.45, 2.75) is 26.5 Å². The lowest BCUT2D eigenvalue weighted by atomic mass is 10.3. The van der Waals surface area contributed by atoms with Crippen molar-refractivity contribution in [3.05, 3.63) is 19.6 Å². The number of hydrogen-bond donors (Lipinski definition) is 0. The van der Waals surface area contributed by atoms with Crippen molar-refractivity contribution in [2.24, 2.45) is 0 Å². The molecule has 0 N–H and O–H groups in total. The predicted molar refractivity (Wildman–Crippen MR) is 100.0 cm³/mol. The zero-order chi connectivity index (χ0) is 18.1. The SMILES string of the molecule is COc1c2c(c(OC)c3c1SC(=C(C#N)C=O)S3)SC(=C(C)C#N)S2. The summed E-state index contributed by atoms with van der Waals surface area (Å²) in [7, 11) is 3.18. The number of carbonyl (C=O) groups is 1. The second-order valence-electron chi connectivity index (χ2n) is 4.75. The molecule has 0 spiro atoms. The summed E-state index contributed by atoms with van der Waals surface area (Å²) in [5.41, 5.74) is 0.737. The fourth-order valence-electron chi connectivity index (χ4n) is 2.20. The first-order valence-corrected chi connectivity index (χ1v) is 10.1. The van der Waals surface area contributed by atoms with Crippen molar-refractivity contribution in [3.63, 3.8) is 0 Å². The molecular weight excluding hydrogens is 396 g/mol. The van der Waals surface area contributed by atoms with Gasteiger partial charge < -0.3 is 9.47 Å². The van der Waals surface area contributed by atoms with Crippen molar-refractivity contribution in [1.29, 1.82) is 10.5 Å². The van der Waals surface area contributed by atoms with Gasteiger partial charge in [-0.25, -0.2) is 0 Å². The Labute approximate surface area is 161 Å². The van der Waals surface area contributed by atoms with Crippen molar-refractivity contribution in [1.82, 2.24) is 0 Å². The summed E-state index contributed by atoms with van der Waals surface area (Å²) in [6, 6.07) is 4.10. The first-order valence-electron chi connectivity index (χ1n) is 6.83. The Kier molecular flexibility index (Phi) is 5.30. The van der Waals surface area contributed by atoms with Crippen LogP contribution in [0.4, 0.5) is 0 Å². The molecule has 0 saturated heterocycles. The molecule has 3 rings (SSSR count). The van der Waals surface area contributed by atoms with E-state index in [-0.39, 0.29) is 5.57 Å². The molecule has 1 aromatic carbocycles. The molecule has 0 amide bonds.